The van der Waals surface area contributed by atoms with Crippen molar-refractivity contribution in [2.45, 2.75) is 0 Å². The van der Waals surface area contributed by atoms with E-state index in [1.165, 1.54) is 11.1 Å². The van der Waals surface area contributed by atoms with E-state index in [1.807, 2.05) is 84.2 Å². The van der Waals surface area contributed by atoms with Crippen molar-refractivity contribution in [2.24, 2.45) is 14.1 Å². The van der Waals surface area contributed by atoms with Crippen molar-refractivity contribution >= 4 is 0 Å². The lowest BCUT2D eigenvalue weighted by Gasteiger charge is -2.05. The first-order valence-electron chi connectivity index (χ1n) is 8.74. The van der Waals surface area contributed by atoms with Crippen LogP contribution in [0.15, 0.2) is 86.0 Å². The number of ether oxygens (including phenoxy) is 2. The number of methoxy groups -OCH3 is 2. The molecule has 0 spiro atoms. The van der Waals surface area contributed by atoms with Gasteiger partial charge in [0.2, 0.25) is 0 Å². The summed E-state index contributed by atoms with van der Waals surface area (Å²) in [5, 5.41) is 0. The number of hydrogen-bond acceptors (Lipinski definition) is 4. The molecule has 0 fully saturated rings. The molecule has 0 N–H and O–H groups in total. The quantitative estimate of drug-likeness (QED) is 0.536. The number of benzene rings is 2. The van der Waals surface area contributed by atoms with E-state index in [1.54, 1.807) is 39.3 Å². The zero-order valence-corrected chi connectivity index (χ0v) is 16.7. The molecule has 0 unspecified atom stereocenters. The number of rotatable bonds is 3. The van der Waals surface area contributed by atoms with Crippen LogP contribution in [-0.2, 0) is 14.1 Å². The van der Waals surface area contributed by atoms with Crippen LogP contribution >= 0.6 is 0 Å². The molecule has 0 amide bonds. The normalized spacial score (nSPS) is 9.43. The van der Waals surface area contributed by atoms with Crippen LogP contribution in [0.2, 0.25) is 0 Å². The Kier molecular flexibility index (Phi) is 8.33. The Balaban J connectivity index is 0.000000190. The van der Waals surface area contributed by atoms with E-state index in [9.17, 15) is 0 Å². The van der Waals surface area contributed by atoms with E-state index in [-0.39, 0.29) is 0 Å². The lowest BCUT2D eigenvalue weighted by molar-refractivity contribution is 0.414. The highest BCUT2D eigenvalue weighted by Crippen LogP contribution is 2.24. The van der Waals surface area contributed by atoms with Gasteiger partial charge in [0.1, 0.15) is 11.5 Å². The lowest BCUT2D eigenvalue weighted by Crippen LogP contribution is -1.84. The van der Waals surface area contributed by atoms with Crippen molar-refractivity contribution in [2.75, 3.05) is 14.2 Å². The largest absolute Gasteiger partial charge is 0.497 e. The molecule has 0 bridgehead atoms. The summed E-state index contributed by atoms with van der Waals surface area (Å²) in [6, 6.07) is 16.0. The molecule has 4 aromatic rings. The highest BCUT2D eigenvalue weighted by Gasteiger charge is 1.98. The summed E-state index contributed by atoms with van der Waals surface area (Å²) in [4.78, 5) is 7.57. The summed E-state index contributed by atoms with van der Waals surface area (Å²) >= 11 is 0. The SMILES string of the molecule is COc1ccc(-c2ccc(OC)cc2)cc1.Cn1ccnc1.Cn1ccnc1. The number of aryl methyl sites for hydroxylation is 2. The molecule has 0 aliphatic heterocycles. The highest BCUT2D eigenvalue weighted by atomic mass is 16.5. The Morgan fingerprint density at radius 2 is 0.964 bits per heavy atom. The molecule has 2 heterocycles. The third-order valence-corrected chi connectivity index (χ3v) is 3.79. The van der Waals surface area contributed by atoms with E-state index in [2.05, 4.69) is 9.97 Å². The van der Waals surface area contributed by atoms with Crippen LogP contribution in [0.25, 0.3) is 11.1 Å². The average Bonchev–Trinajstić information content (AvgIpc) is 3.42. The molecule has 0 saturated carbocycles. The first-order chi connectivity index (χ1) is 13.6. The van der Waals surface area contributed by atoms with Gasteiger partial charge < -0.3 is 18.6 Å². The topological polar surface area (TPSA) is 54.1 Å². The third kappa shape index (κ3) is 6.99. The van der Waals surface area contributed by atoms with E-state index in [0.717, 1.165) is 11.5 Å². The fourth-order valence-electron chi connectivity index (χ4n) is 2.22. The number of aromatic nitrogens is 4. The Morgan fingerprint density at radius 3 is 1.14 bits per heavy atom. The minimum absolute atomic E-state index is 0.872. The van der Waals surface area contributed by atoms with Crippen LogP contribution in [0.4, 0.5) is 0 Å². The number of nitrogens with zero attached hydrogens (tertiary/aromatic N) is 4. The van der Waals surface area contributed by atoms with Gasteiger partial charge in [-0.3, -0.25) is 0 Å². The van der Waals surface area contributed by atoms with E-state index >= 15 is 0 Å². The van der Waals surface area contributed by atoms with Gasteiger partial charge in [0.15, 0.2) is 0 Å². The second kappa shape index (κ2) is 11.2. The number of imidazole rings is 2. The fraction of sp³-hybridized carbons (Fsp3) is 0.182. The van der Waals surface area contributed by atoms with Gasteiger partial charge in [-0.2, -0.15) is 0 Å². The number of hydrogen-bond donors (Lipinski definition) is 0. The summed E-state index contributed by atoms with van der Waals surface area (Å²) in [6.07, 6.45) is 10.8. The van der Waals surface area contributed by atoms with Crippen LogP contribution in [-0.4, -0.2) is 33.3 Å². The van der Waals surface area contributed by atoms with Crippen LogP contribution in [0, 0.1) is 0 Å². The van der Waals surface area contributed by atoms with Crippen molar-refractivity contribution in [3.8, 4) is 22.6 Å². The Labute approximate surface area is 166 Å². The predicted molar refractivity (Wildman–Crippen MR) is 111 cm³/mol. The fourth-order valence-corrected chi connectivity index (χ4v) is 2.22. The average molecular weight is 378 g/mol. The van der Waals surface area contributed by atoms with Gasteiger partial charge in [0.05, 0.1) is 26.9 Å². The smallest absolute Gasteiger partial charge is 0.118 e. The van der Waals surface area contributed by atoms with Gasteiger partial charge in [0, 0.05) is 38.9 Å². The first-order valence-corrected chi connectivity index (χ1v) is 8.74. The van der Waals surface area contributed by atoms with Crippen LogP contribution in [0.5, 0.6) is 11.5 Å². The van der Waals surface area contributed by atoms with Crippen LogP contribution < -0.4 is 9.47 Å². The van der Waals surface area contributed by atoms with Crippen molar-refractivity contribution < 1.29 is 9.47 Å². The molecule has 2 aromatic carbocycles. The van der Waals surface area contributed by atoms with Gasteiger partial charge in [-0.15, -0.1) is 0 Å². The summed E-state index contributed by atoms with van der Waals surface area (Å²) in [7, 11) is 7.21. The van der Waals surface area contributed by atoms with Gasteiger partial charge in [0.25, 0.3) is 0 Å². The van der Waals surface area contributed by atoms with Crippen molar-refractivity contribution in [3.63, 3.8) is 0 Å². The Bertz CT molecular complexity index is 807. The van der Waals surface area contributed by atoms with Gasteiger partial charge >= 0.3 is 0 Å². The monoisotopic (exact) mass is 378 g/mol. The summed E-state index contributed by atoms with van der Waals surface area (Å²) in [6.45, 7) is 0. The maximum Gasteiger partial charge on any atom is 0.118 e. The molecule has 0 aliphatic rings. The van der Waals surface area contributed by atoms with Crippen molar-refractivity contribution in [3.05, 3.63) is 86.0 Å². The molecule has 4 rings (SSSR count). The minimum atomic E-state index is 0.872. The second-order valence-electron chi connectivity index (χ2n) is 5.91. The molecular formula is C22H26N4O2. The Hall–Kier alpha value is -3.54. The van der Waals surface area contributed by atoms with E-state index in [4.69, 9.17) is 9.47 Å². The standard InChI is InChI=1S/C14H14O2.2C4H6N2/c1-15-13-7-3-11(4-8-13)12-5-9-14(16-2)10-6-12;2*1-6-3-2-5-4-6/h3-10H,1-2H3;2*2-4H,1H3. The molecule has 2 aromatic heterocycles. The molecule has 0 saturated heterocycles. The zero-order valence-electron chi connectivity index (χ0n) is 16.7. The summed E-state index contributed by atoms with van der Waals surface area (Å²) in [5.74, 6) is 1.74. The molecule has 146 valence electrons. The molecule has 0 atom stereocenters. The molecule has 6 heteroatoms. The highest BCUT2D eigenvalue weighted by molar-refractivity contribution is 5.64. The van der Waals surface area contributed by atoms with Gasteiger partial charge in [-0.05, 0) is 35.4 Å². The zero-order chi connectivity index (χ0) is 20.2. The van der Waals surface area contributed by atoms with Gasteiger partial charge in [-0.1, -0.05) is 24.3 Å². The van der Waals surface area contributed by atoms with Crippen molar-refractivity contribution in [1.29, 1.82) is 0 Å². The summed E-state index contributed by atoms with van der Waals surface area (Å²) in [5.41, 5.74) is 2.34. The Morgan fingerprint density at radius 1 is 0.607 bits per heavy atom. The second-order valence-corrected chi connectivity index (χ2v) is 5.91. The van der Waals surface area contributed by atoms with Crippen LogP contribution in [0.1, 0.15) is 0 Å². The molecule has 28 heavy (non-hydrogen) atoms. The maximum absolute atomic E-state index is 5.12. The van der Waals surface area contributed by atoms with Crippen molar-refractivity contribution in [1.82, 2.24) is 19.1 Å². The molecular weight excluding hydrogens is 352 g/mol. The first kappa shape index (κ1) is 20.8. The molecule has 0 radical (unpaired) electrons. The third-order valence-electron chi connectivity index (χ3n) is 3.79. The van der Waals surface area contributed by atoms with Gasteiger partial charge in [-0.25, -0.2) is 9.97 Å². The summed E-state index contributed by atoms with van der Waals surface area (Å²) < 4.78 is 14.0. The molecule has 6 nitrogen and oxygen atoms in total. The lowest BCUT2D eigenvalue weighted by atomic mass is 10.1. The van der Waals surface area contributed by atoms with E-state index < -0.39 is 0 Å². The van der Waals surface area contributed by atoms with Crippen LogP contribution in [0.3, 0.4) is 0 Å². The van der Waals surface area contributed by atoms with E-state index in [0.29, 0.717) is 0 Å². The maximum atomic E-state index is 5.12. The molecule has 0 aliphatic carbocycles. The predicted octanol–water partition coefficient (Wildman–Crippen LogP) is 4.21. The minimum Gasteiger partial charge on any atom is -0.497 e.